The summed E-state index contributed by atoms with van der Waals surface area (Å²) in [5, 5.41) is 4.74. The van der Waals surface area contributed by atoms with E-state index in [-0.39, 0.29) is 0 Å². The number of hydrogen-bond donors (Lipinski definition) is 1. The van der Waals surface area contributed by atoms with Crippen LogP contribution in [-0.4, -0.2) is 6.54 Å². The molecule has 1 N–H and O–H groups in total. The topological polar surface area (TPSA) is 25.2 Å². The molecule has 2 aromatic rings. The number of para-hydroxylation sites is 1. The minimum atomic E-state index is 0.308. The van der Waals surface area contributed by atoms with Gasteiger partial charge < -0.3 is 9.73 Å². The number of nitrogens with one attached hydrogen (secondary N) is 1. The largest absolute Gasteiger partial charge is 0.459 e. The number of furan rings is 1. The summed E-state index contributed by atoms with van der Waals surface area (Å²) in [7, 11) is 0. The summed E-state index contributed by atoms with van der Waals surface area (Å²) in [5.41, 5.74) is 0.978. The normalized spacial score (nSPS) is 13.4. The maximum atomic E-state index is 5.93. The van der Waals surface area contributed by atoms with Crippen LogP contribution >= 0.6 is 0 Å². The zero-order valence-corrected chi connectivity index (χ0v) is 10.9. The number of fused-ring (bicyclic) bond motifs is 1. The zero-order chi connectivity index (χ0) is 12.3. The average molecular weight is 231 g/mol. The summed E-state index contributed by atoms with van der Waals surface area (Å²) in [4.78, 5) is 0. The van der Waals surface area contributed by atoms with Gasteiger partial charge in [0.25, 0.3) is 0 Å². The molecule has 92 valence electrons. The number of benzene rings is 1. The van der Waals surface area contributed by atoms with Gasteiger partial charge in [-0.25, -0.2) is 0 Å². The van der Waals surface area contributed by atoms with Crippen LogP contribution in [0.4, 0.5) is 0 Å². The summed E-state index contributed by atoms with van der Waals surface area (Å²) in [5.74, 6) is 1.58. The Hall–Kier alpha value is -1.28. The Balaban J connectivity index is 2.28. The predicted molar refractivity (Wildman–Crippen MR) is 72.1 cm³/mol. The van der Waals surface area contributed by atoms with Gasteiger partial charge >= 0.3 is 0 Å². The monoisotopic (exact) mass is 231 g/mol. The summed E-state index contributed by atoms with van der Waals surface area (Å²) in [6, 6.07) is 10.6. The molecular formula is C15H21NO. The maximum absolute atomic E-state index is 5.93. The summed E-state index contributed by atoms with van der Waals surface area (Å²) in [6.07, 6.45) is 1.14. The molecule has 1 aromatic heterocycles. The molecule has 0 radical (unpaired) electrons. The molecule has 1 atom stereocenters. The molecule has 1 unspecified atom stereocenters. The standard InChI is InChI=1S/C15H21NO/c1-4-9-16-15(11(2)3)14-10-12-7-5-6-8-13(12)17-14/h5-8,10-11,15-16H,4,9H2,1-3H3. The second kappa shape index (κ2) is 5.37. The fourth-order valence-electron chi connectivity index (χ4n) is 2.12. The molecule has 17 heavy (non-hydrogen) atoms. The lowest BCUT2D eigenvalue weighted by Crippen LogP contribution is -2.25. The molecule has 0 amide bonds. The van der Waals surface area contributed by atoms with Crippen LogP contribution in [0.3, 0.4) is 0 Å². The number of hydrogen-bond acceptors (Lipinski definition) is 2. The molecule has 0 aliphatic rings. The van der Waals surface area contributed by atoms with Gasteiger partial charge in [-0.1, -0.05) is 39.0 Å². The van der Waals surface area contributed by atoms with E-state index < -0.39 is 0 Å². The Morgan fingerprint density at radius 2 is 2.00 bits per heavy atom. The third kappa shape index (κ3) is 2.70. The lowest BCUT2D eigenvalue weighted by molar-refractivity contribution is 0.351. The van der Waals surface area contributed by atoms with E-state index in [9.17, 15) is 0 Å². The van der Waals surface area contributed by atoms with Crippen molar-refractivity contribution in [2.24, 2.45) is 5.92 Å². The van der Waals surface area contributed by atoms with Crippen LogP contribution < -0.4 is 5.32 Å². The van der Waals surface area contributed by atoms with E-state index in [4.69, 9.17) is 4.42 Å². The van der Waals surface area contributed by atoms with Gasteiger partial charge in [-0.3, -0.25) is 0 Å². The highest BCUT2D eigenvalue weighted by molar-refractivity contribution is 5.77. The zero-order valence-electron chi connectivity index (χ0n) is 10.9. The Morgan fingerprint density at radius 3 is 2.65 bits per heavy atom. The molecule has 2 nitrogen and oxygen atoms in total. The molecule has 1 aromatic carbocycles. The highest BCUT2D eigenvalue weighted by Gasteiger charge is 2.18. The van der Waals surface area contributed by atoms with Crippen molar-refractivity contribution in [1.82, 2.24) is 5.32 Å². The van der Waals surface area contributed by atoms with Crippen LogP contribution in [0, 0.1) is 5.92 Å². The van der Waals surface area contributed by atoms with Crippen molar-refractivity contribution in [1.29, 1.82) is 0 Å². The molecule has 0 bridgehead atoms. The molecule has 2 rings (SSSR count). The molecule has 0 saturated carbocycles. The van der Waals surface area contributed by atoms with Gasteiger partial charge in [-0.15, -0.1) is 0 Å². The second-order valence-corrected chi connectivity index (χ2v) is 4.86. The fraction of sp³-hybridized carbons (Fsp3) is 0.467. The van der Waals surface area contributed by atoms with Gasteiger partial charge in [-0.05, 0) is 31.0 Å². The Labute approximate surface area is 103 Å². The fourth-order valence-corrected chi connectivity index (χ4v) is 2.12. The SMILES string of the molecule is CCCNC(c1cc2ccccc2o1)C(C)C. The van der Waals surface area contributed by atoms with E-state index in [2.05, 4.69) is 38.2 Å². The van der Waals surface area contributed by atoms with Crippen molar-refractivity contribution in [2.45, 2.75) is 33.2 Å². The van der Waals surface area contributed by atoms with Crippen molar-refractivity contribution < 1.29 is 4.42 Å². The first-order chi connectivity index (χ1) is 8.22. The molecule has 0 spiro atoms. The van der Waals surface area contributed by atoms with Crippen LogP contribution in [0.25, 0.3) is 11.0 Å². The molecule has 1 heterocycles. The highest BCUT2D eigenvalue weighted by Crippen LogP contribution is 2.28. The van der Waals surface area contributed by atoms with Crippen LogP contribution in [-0.2, 0) is 0 Å². The minimum Gasteiger partial charge on any atom is -0.459 e. The van der Waals surface area contributed by atoms with E-state index in [1.165, 1.54) is 5.39 Å². The van der Waals surface area contributed by atoms with Crippen molar-refractivity contribution in [3.05, 3.63) is 36.1 Å². The first-order valence-corrected chi connectivity index (χ1v) is 6.44. The molecule has 0 aliphatic carbocycles. The van der Waals surface area contributed by atoms with E-state index in [0.29, 0.717) is 12.0 Å². The molecule has 0 fully saturated rings. The minimum absolute atomic E-state index is 0.308. The quantitative estimate of drug-likeness (QED) is 0.837. The predicted octanol–water partition coefficient (Wildman–Crippen LogP) is 4.13. The van der Waals surface area contributed by atoms with Gasteiger partial charge in [0.15, 0.2) is 0 Å². The number of rotatable bonds is 5. The first kappa shape index (κ1) is 12.2. The van der Waals surface area contributed by atoms with E-state index in [1.807, 2.05) is 18.2 Å². The van der Waals surface area contributed by atoms with Crippen molar-refractivity contribution in [3.8, 4) is 0 Å². The van der Waals surface area contributed by atoms with Crippen LogP contribution in [0.2, 0.25) is 0 Å². The van der Waals surface area contributed by atoms with Crippen molar-refractivity contribution >= 4 is 11.0 Å². The maximum Gasteiger partial charge on any atom is 0.134 e. The van der Waals surface area contributed by atoms with Crippen LogP contribution in [0.1, 0.15) is 39.0 Å². The van der Waals surface area contributed by atoms with E-state index in [0.717, 1.165) is 24.3 Å². The van der Waals surface area contributed by atoms with Crippen molar-refractivity contribution in [3.63, 3.8) is 0 Å². The molecule has 0 aliphatic heterocycles. The average Bonchev–Trinajstić information content (AvgIpc) is 2.72. The van der Waals surface area contributed by atoms with E-state index in [1.54, 1.807) is 0 Å². The van der Waals surface area contributed by atoms with Crippen molar-refractivity contribution in [2.75, 3.05) is 6.54 Å². The molecule has 0 saturated heterocycles. The Kier molecular flexibility index (Phi) is 3.85. The first-order valence-electron chi connectivity index (χ1n) is 6.44. The van der Waals surface area contributed by atoms with Crippen LogP contribution in [0.15, 0.2) is 34.7 Å². The summed E-state index contributed by atoms with van der Waals surface area (Å²) in [6.45, 7) is 7.66. The lowest BCUT2D eigenvalue weighted by Gasteiger charge is -2.19. The Bertz CT molecular complexity index is 439. The summed E-state index contributed by atoms with van der Waals surface area (Å²) < 4.78 is 5.93. The summed E-state index contributed by atoms with van der Waals surface area (Å²) >= 11 is 0. The highest BCUT2D eigenvalue weighted by atomic mass is 16.3. The van der Waals surface area contributed by atoms with Gasteiger partial charge in [0, 0.05) is 5.39 Å². The smallest absolute Gasteiger partial charge is 0.134 e. The molecule has 2 heteroatoms. The lowest BCUT2D eigenvalue weighted by atomic mass is 10.0. The molecular weight excluding hydrogens is 210 g/mol. The van der Waals surface area contributed by atoms with E-state index >= 15 is 0 Å². The van der Waals surface area contributed by atoms with Gasteiger partial charge in [0.05, 0.1) is 6.04 Å². The third-order valence-corrected chi connectivity index (χ3v) is 3.03. The van der Waals surface area contributed by atoms with Gasteiger partial charge in [0.1, 0.15) is 11.3 Å². The Morgan fingerprint density at radius 1 is 1.24 bits per heavy atom. The van der Waals surface area contributed by atoms with Gasteiger partial charge in [-0.2, -0.15) is 0 Å². The van der Waals surface area contributed by atoms with Crippen LogP contribution in [0.5, 0.6) is 0 Å². The van der Waals surface area contributed by atoms with Gasteiger partial charge in [0.2, 0.25) is 0 Å². The second-order valence-electron chi connectivity index (χ2n) is 4.86. The third-order valence-electron chi connectivity index (χ3n) is 3.03.